The van der Waals surface area contributed by atoms with Crippen LogP contribution in [0, 0.1) is 0 Å². The number of anilines is 1. The number of nitrogens with zero attached hydrogens (tertiary/aromatic N) is 7. The van der Waals surface area contributed by atoms with Crippen LogP contribution in [0.2, 0.25) is 0 Å². The lowest BCUT2D eigenvalue weighted by atomic mass is 10.1. The predicted molar refractivity (Wildman–Crippen MR) is 96.8 cm³/mol. The van der Waals surface area contributed by atoms with Gasteiger partial charge in [0.1, 0.15) is 10.0 Å². The number of piperazine rings is 1. The molecule has 3 fully saturated rings. The number of hydrogen-bond donors (Lipinski definition) is 0. The molecule has 0 atom stereocenters. The third-order valence-electron chi connectivity index (χ3n) is 5.37. The van der Waals surface area contributed by atoms with E-state index in [2.05, 4.69) is 34.9 Å². The topological polar surface area (TPSA) is 61.3 Å². The zero-order chi connectivity index (χ0) is 16.6. The molecule has 7 nitrogen and oxygen atoms in total. The molecular weight excluding hydrogens is 334 g/mol. The first kappa shape index (κ1) is 15.6. The van der Waals surface area contributed by atoms with Crippen molar-refractivity contribution < 1.29 is 0 Å². The van der Waals surface area contributed by atoms with Crippen molar-refractivity contribution in [3.05, 3.63) is 28.5 Å². The van der Waals surface area contributed by atoms with Crippen molar-refractivity contribution in [2.24, 2.45) is 0 Å². The van der Waals surface area contributed by atoms with E-state index in [0.29, 0.717) is 6.04 Å². The minimum Gasteiger partial charge on any atom is -0.338 e. The van der Waals surface area contributed by atoms with Crippen LogP contribution in [0.15, 0.2) is 18.5 Å². The van der Waals surface area contributed by atoms with Gasteiger partial charge in [0.25, 0.3) is 0 Å². The summed E-state index contributed by atoms with van der Waals surface area (Å²) in [7, 11) is 0. The molecule has 0 spiro atoms. The van der Waals surface area contributed by atoms with Gasteiger partial charge < -0.3 is 4.90 Å². The van der Waals surface area contributed by atoms with Crippen LogP contribution in [0.25, 0.3) is 0 Å². The van der Waals surface area contributed by atoms with E-state index >= 15 is 0 Å². The van der Waals surface area contributed by atoms with E-state index in [4.69, 9.17) is 0 Å². The molecule has 5 rings (SSSR count). The Balaban J connectivity index is 1.08. The summed E-state index contributed by atoms with van der Waals surface area (Å²) in [4.78, 5) is 16.1. The van der Waals surface area contributed by atoms with E-state index in [0.717, 1.165) is 57.7 Å². The zero-order valence-corrected chi connectivity index (χ0v) is 15.1. The molecule has 132 valence electrons. The maximum absolute atomic E-state index is 4.37. The molecule has 2 aliphatic heterocycles. The highest BCUT2D eigenvalue weighted by Gasteiger charge is 2.34. The summed E-state index contributed by atoms with van der Waals surface area (Å²) in [5.41, 5.74) is 0. The monoisotopic (exact) mass is 357 g/mol. The lowest BCUT2D eigenvalue weighted by molar-refractivity contribution is 0.0253. The fourth-order valence-corrected chi connectivity index (χ4v) is 4.72. The van der Waals surface area contributed by atoms with Gasteiger partial charge in [-0.1, -0.05) is 11.3 Å². The Bertz CT molecular complexity index is 703. The average molecular weight is 357 g/mol. The lowest BCUT2D eigenvalue weighted by Crippen LogP contribution is -2.62. The predicted octanol–water partition coefficient (Wildman–Crippen LogP) is 1.21. The largest absolute Gasteiger partial charge is 0.338 e. The van der Waals surface area contributed by atoms with E-state index in [-0.39, 0.29) is 0 Å². The molecule has 25 heavy (non-hydrogen) atoms. The van der Waals surface area contributed by atoms with Crippen LogP contribution in [-0.4, -0.2) is 75.3 Å². The second-order valence-corrected chi connectivity index (χ2v) is 8.32. The molecule has 0 unspecified atom stereocenters. The van der Waals surface area contributed by atoms with Gasteiger partial charge in [0.2, 0.25) is 5.95 Å². The van der Waals surface area contributed by atoms with Crippen molar-refractivity contribution in [3.8, 4) is 0 Å². The minimum absolute atomic E-state index is 0.690. The van der Waals surface area contributed by atoms with Gasteiger partial charge in [-0.25, -0.2) is 9.97 Å². The Morgan fingerprint density at radius 3 is 2.48 bits per heavy atom. The molecule has 1 saturated carbocycles. The summed E-state index contributed by atoms with van der Waals surface area (Å²) in [6.45, 7) is 7.51. The smallest absolute Gasteiger partial charge is 0.225 e. The Morgan fingerprint density at radius 2 is 1.76 bits per heavy atom. The quantitative estimate of drug-likeness (QED) is 0.797. The van der Waals surface area contributed by atoms with Gasteiger partial charge in [0.05, 0.1) is 6.54 Å². The Labute approximate surface area is 151 Å². The third kappa shape index (κ3) is 3.38. The fourth-order valence-electron chi connectivity index (χ4n) is 3.66. The van der Waals surface area contributed by atoms with Gasteiger partial charge in [0, 0.05) is 63.6 Å². The summed E-state index contributed by atoms with van der Waals surface area (Å²) < 4.78 is 0. The van der Waals surface area contributed by atoms with Crippen molar-refractivity contribution in [1.29, 1.82) is 0 Å². The van der Waals surface area contributed by atoms with Crippen LogP contribution in [-0.2, 0) is 6.54 Å². The van der Waals surface area contributed by atoms with Gasteiger partial charge in [-0.2, -0.15) is 0 Å². The SMILES string of the molecule is c1cnc(N2CCN(C3CN(Cc4nnc(C5CC5)s4)C3)CC2)nc1. The van der Waals surface area contributed by atoms with E-state index in [1.165, 1.54) is 22.9 Å². The Hall–Kier alpha value is -1.64. The molecule has 8 heteroatoms. The van der Waals surface area contributed by atoms with Gasteiger partial charge in [-0.3, -0.25) is 9.80 Å². The second kappa shape index (κ2) is 6.59. The van der Waals surface area contributed by atoms with Crippen LogP contribution >= 0.6 is 11.3 Å². The molecule has 1 aliphatic carbocycles. The van der Waals surface area contributed by atoms with Gasteiger partial charge in [0.15, 0.2) is 0 Å². The third-order valence-corrected chi connectivity index (χ3v) is 6.44. The Kier molecular flexibility index (Phi) is 4.11. The highest BCUT2D eigenvalue weighted by Crippen LogP contribution is 2.41. The summed E-state index contributed by atoms with van der Waals surface area (Å²) >= 11 is 1.82. The molecule has 0 aromatic carbocycles. The highest BCUT2D eigenvalue weighted by molar-refractivity contribution is 7.11. The lowest BCUT2D eigenvalue weighted by Gasteiger charge is -2.48. The maximum atomic E-state index is 4.37. The molecule has 0 N–H and O–H groups in total. The van der Waals surface area contributed by atoms with Crippen molar-refractivity contribution in [2.75, 3.05) is 44.2 Å². The van der Waals surface area contributed by atoms with Crippen LogP contribution in [0.5, 0.6) is 0 Å². The van der Waals surface area contributed by atoms with E-state index < -0.39 is 0 Å². The standard InChI is InChI=1S/C17H23N7S/c1-4-18-17(19-5-1)24-8-6-23(7-9-24)14-10-22(11-14)12-15-20-21-16(25-15)13-2-3-13/h1,4-5,13-14H,2-3,6-12H2. The first-order valence-corrected chi connectivity index (χ1v) is 9.97. The van der Waals surface area contributed by atoms with Crippen molar-refractivity contribution >= 4 is 17.3 Å². The van der Waals surface area contributed by atoms with Crippen LogP contribution in [0.3, 0.4) is 0 Å². The first-order valence-electron chi connectivity index (χ1n) is 9.16. The molecule has 4 heterocycles. The van der Waals surface area contributed by atoms with Crippen LogP contribution in [0.4, 0.5) is 5.95 Å². The molecule has 3 aliphatic rings. The number of rotatable bonds is 5. The normalized spacial score (nSPS) is 23.0. The van der Waals surface area contributed by atoms with Crippen LogP contribution in [0.1, 0.15) is 28.8 Å². The first-order chi connectivity index (χ1) is 12.3. The van der Waals surface area contributed by atoms with Crippen molar-refractivity contribution in [2.45, 2.75) is 31.3 Å². The number of likely N-dealkylation sites (tertiary alicyclic amines) is 1. The number of aromatic nitrogens is 4. The summed E-state index contributed by atoms with van der Waals surface area (Å²) in [5.74, 6) is 1.58. The number of hydrogen-bond acceptors (Lipinski definition) is 8. The molecule has 2 aromatic heterocycles. The Morgan fingerprint density at radius 1 is 1.00 bits per heavy atom. The zero-order valence-electron chi connectivity index (χ0n) is 14.3. The van der Waals surface area contributed by atoms with Crippen LogP contribution < -0.4 is 4.90 Å². The second-order valence-electron chi connectivity index (χ2n) is 7.23. The molecule has 2 aromatic rings. The van der Waals surface area contributed by atoms with Gasteiger partial charge in [-0.05, 0) is 18.9 Å². The molecule has 0 bridgehead atoms. The van der Waals surface area contributed by atoms with Gasteiger partial charge in [-0.15, -0.1) is 10.2 Å². The fraction of sp³-hybridized carbons (Fsp3) is 0.647. The maximum Gasteiger partial charge on any atom is 0.225 e. The molecule has 0 radical (unpaired) electrons. The van der Waals surface area contributed by atoms with E-state index in [1.807, 2.05) is 29.8 Å². The summed E-state index contributed by atoms with van der Waals surface area (Å²) in [6, 6.07) is 2.56. The summed E-state index contributed by atoms with van der Waals surface area (Å²) in [5, 5.41) is 11.2. The van der Waals surface area contributed by atoms with Crippen molar-refractivity contribution in [1.82, 2.24) is 30.0 Å². The minimum atomic E-state index is 0.690. The molecule has 2 saturated heterocycles. The van der Waals surface area contributed by atoms with E-state index in [9.17, 15) is 0 Å². The summed E-state index contributed by atoms with van der Waals surface area (Å²) in [6.07, 6.45) is 6.25. The van der Waals surface area contributed by atoms with Gasteiger partial charge >= 0.3 is 0 Å². The highest BCUT2D eigenvalue weighted by atomic mass is 32.1. The average Bonchev–Trinajstić information content (AvgIpc) is 3.38. The molecule has 0 amide bonds. The van der Waals surface area contributed by atoms with E-state index in [1.54, 1.807) is 0 Å². The molecular formula is C17H23N7S. The van der Waals surface area contributed by atoms with Crippen molar-refractivity contribution in [3.63, 3.8) is 0 Å².